The molecule has 0 amide bonds. The van der Waals surface area contributed by atoms with Gasteiger partial charge in [-0.2, -0.15) is 9.67 Å². The highest BCUT2D eigenvalue weighted by Gasteiger charge is 2.26. The molecule has 3 aromatic rings. The van der Waals surface area contributed by atoms with Gasteiger partial charge in [-0.25, -0.2) is 14.0 Å². The number of aromatic nitrogens is 4. The van der Waals surface area contributed by atoms with E-state index in [0.717, 1.165) is 11.3 Å². The van der Waals surface area contributed by atoms with Gasteiger partial charge in [-0.1, -0.05) is 0 Å². The third kappa shape index (κ3) is 3.66. The number of ether oxygens (including phenoxy) is 1. The largest absolute Gasteiger partial charge is 0.478 e. The topological polar surface area (TPSA) is 90.4 Å². The summed E-state index contributed by atoms with van der Waals surface area (Å²) in [6, 6.07) is 4.14. The third-order valence-electron chi connectivity index (χ3n) is 4.72. The standard InChI is InChI=1S/C20H20N4O4/c1-2-28-19(25)7-8-24-17(13-23-11-16(9-21-23)20(26)27)12-22-10-15(14-3-4-14)5-6-18(22)24/h5-12,14H,2-4,13H2,1H3/p+1/b8-7-. The molecule has 0 aromatic carbocycles. The van der Waals surface area contributed by atoms with E-state index in [9.17, 15) is 9.59 Å². The number of carboxylic acid groups (broad SMARTS) is 1. The Kier molecular flexibility index (Phi) is 4.68. The Labute approximate surface area is 161 Å². The smallest absolute Gasteiger partial charge is 0.338 e. The van der Waals surface area contributed by atoms with Crippen molar-refractivity contribution in [2.24, 2.45) is 0 Å². The van der Waals surface area contributed by atoms with Crippen LogP contribution in [-0.4, -0.2) is 38.0 Å². The SMILES string of the molecule is CCOC(=O)/C=C\n1c(Cn2cc(C(=O)O)cn2)c[n+]2cc(C3CC3)ccc12. The average molecular weight is 381 g/mol. The second-order valence-electron chi connectivity index (χ2n) is 6.79. The van der Waals surface area contributed by atoms with Gasteiger partial charge in [0.25, 0.3) is 5.65 Å². The molecule has 3 heterocycles. The number of fused-ring (bicyclic) bond motifs is 1. The van der Waals surface area contributed by atoms with Crippen LogP contribution in [0.1, 0.15) is 47.3 Å². The van der Waals surface area contributed by atoms with Crippen LogP contribution in [0.25, 0.3) is 11.8 Å². The van der Waals surface area contributed by atoms with Crippen molar-refractivity contribution in [2.75, 3.05) is 6.61 Å². The molecule has 0 bridgehead atoms. The summed E-state index contributed by atoms with van der Waals surface area (Å²) < 4.78 is 10.4. The van der Waals surface area contributed by atoms with Crippen molar-refractivity contribution in [1.82, 2.24) is 14.3 Å². The molecule has 8 heteroatoms. The first-order chi connectivity index (χ1) is 13.5. The lowest BCUT2D eigenvalue weighted by molar-refractivity contribution is -0.511. The average Bonchev–Trinajstić information content (AvgIpc) is 3.31. The molecule has 0 saturated heterocycles. The number of carbonyl (C=O) groups is 2. The molecule has 28 heavy (non-hydrogen) atoms. The Hall–Kier alpha value is -3.42. The lowest BCUT2D eigenvalue weighted by atomic mass is 10.2. The molecule has 1 saturated carbocycles. The number of carbonyl (C=O) groups excluding carboxylic acids is 1. The predicted octanol–water partition coefficient (Wildman–Crippen LogP) is 2.08. The second-order valence-corrected chi connectivity index (χ2v) is 6.79. The molecule has 0 radical (unpaired) electrons. The number of hydrogen-bond donors (Lipinski definition) is 1. The molecule has 4 rings (SSSR count). The summed E-state index contributed by atoms with van der Waals surface area (Å²) in [5.74, 6) is -0.803. The van der Waals surface area contributed by atoms with Crippen molar-refractivity contribution in [2.45, 2.75) is 32.2 Å². The zero-order valence-electron chi connectivity index (χ0n) is 15.5. The summed E-state index contributed by atoms with van der Waals surface area (Å²) in [7, 11) is 0. The Balaban J connectivity index is 1.72. The summed E-state index contributed by atoms with van der Waals surface area (Å²) in [4.78, 5) is 22.9. The summed E-state index contributed by atoms with van der Waals surface area (Å²) in [5.41, 5.74) is 3.18. The van der Waals surface area contributed by atoms with Gasteiger partial charge in [0.2, 0.25) is 0 Å². The van der Waals surface area contributed by atoms with E-state index in [1.54, 1.807) is 17.8 Å². The van der Waals surface area contributed by atoms with Crippen molar-refractivity contribution in [3.8, 4) is 0 Å². The number of esters is 1. The number of rotatable bonds is 7. The fourth-order valence-corrected chi connectivity index (χ4v) is 3.20. The molecule has 3 aromatic heterocycles. The second kappa shape index (κ2) is 7.30. The number of aromatic carboxylic acids is 1. The molecular formula is C20H21N4O4+. The van der Waals surface area contributed by atoms with Crippen LogP contribution < -0.4 is 4.40 Å². The Morgan fingerprint density at radius 2 is 2.18 bits per heavy atom. The minimum absolute atomic E-state index is 0.133. The molecule has 0 spiro atoms. The van der Waals surface area contributed by atoms with Crippen LogP contribution >= 0.6 is 0 Å². The van der Waals surface area contributed by atoms with Crippen LogP contribution in [-0.2, 0) is 16.1 Å². The van der Waals surface area contributed by atoms with Crippen LogP contribution in [0.4, 0.5) is 0 Å². The predicted molar refractivity (Wildman–Crippen MR) is 99.8 cm³/mol. The lowest BCUT2D eigenvalue weighted by Gasteiger charge is -1.99. The highest BCUT2D eigenvalue weighted by atomic mass is 16.5. The van der Waals surface area contributed by atoms with Crippen LogP contribution in [0.5, 0.6) is 0 Å². The summed E-state index contributed by atoms with van der Waals surface area (Å²) in [6.45, 7) is 2.43. The molecule has 144 valence electrons. The van der Waals surface area contributed by atoms with Gasteiger partial charge in [0.1, 0.15) is 18.9 Å². The van der Waals surface area contributed by atoms with E-state index in [1.165, 1.54) is 36.9 Å². The molecule has 0 atom stereocenters. The van der Waals surface area contributed by atoms with E-state index < -0.39 is 11.9 Å². The van der Waals surface area contributed by atoms with Gasteiger partial charge in [-0.15, -0.1) is 0 Å². The van der Waals surface area contributed by atoms with Gasteiger partial charge >= 0.3 is 11.9 Å². The maximum Gasteiger partial charge on any atom is 0.338 e. The third-order valence-corrected chi connectivity index (χ3v) is 4.72. The first-order valence-corrected chi connectivity index (χ1v) is 9.21. The Morgan fingerprint density at radius 1 is 1.36 bits per heavy atom. The number of nitrogens with zero attached hydrogens (tertiary/aromatic N) is 4. The molecule has 1 aliphatic carbocycles. The fraction of sp³-hybridized carbons (Fsp3) is 0.300. The van der Waals surface area contributed by atoms with Gasteiger partial charge in [0, 0.05) is 12.3 Å². The quantitative estimate of drug-likeness (QED) is 0.384. The van der Waals surface area contributed by atoms with Crippen molar-refractivity contribution in [1.29, 1.82) is 0 Å². The van der Waals surface area contributed by atoms with Gasteiger partial charge in [-0.3, -0.25) is 4.68 Å². The maximum atomic E-state index is 11.8. The van der Waals surface area contributed by atoms with Crippen molar-refractivity contribution >= 4 is 23.8 Å². The number of pyridine rings is 1. The van der Waals surface area contributed by atoms with E-state index in [1.807, 2.05) is 21.2 Å². The number of hydrogen-bond acceptors (Lipinski definition) is 4. The fourth-order valence-electron chi connectivity index (χ4n) is 3.20. The van der Waals surface area contributed by atoms with E-state index in [2.05, 4.69) is 17.4 Å². The van der Waals surface area contributed by atoms with Crippen molar-refractivity contribution < 1.29 is 23.8 Å². The van der Waals surface area contributed by atoms with E-state index in [4.69, 9.17) is 9.84 Å². The Morgan fingerprint density at radius 3 is 2.86 bits per heavy atom. The first kappa shape index (κ1) is 18.0. The van der Waals surface area contributed by atoms with E-state index in [0.29, 0.717) is 19.1 Å². The molecule has 0 unspecified atom stereocenters. The van der Waals surface area contributed by atoms with Crippen LogP contribution in [0.15, 0.2) is 43.0 Å². The molecular weight excluding hydrogens is 360 g/mol. The molecule has 1 fully saturated rings. The number of imidazole rings is 1. The van der Waals surface area contributed by atoms with Crippen molar-refractivity contribution in [3.05, 3.63) is 59.8 Å². The van der Waals surface area contributed by atoms with Crippen LogP contribution in [0.2, 0.25) is 0 Å². The maximum absolute atomic E-state index is 11.8. The lowest BCUT2D eigenvalue weighted by Crippen LogP contribution is -2.19. The molecule has 1 N–H and O–H groups in total. The minimum Gasteiger partial charge on any atom is -0.478 e. The normalized spacial score (nSPS) is 14.0. The highest BCUT2D eigenvalue weighted by molar-refractivity contribution is 5.87. The summed E-state index contributed by atoms with van der Waals surface area (Å²) >= 11 is 0. The van der Waals surface area contributed by atoms with E-state index >= 15 is 0 Å². The van der Waals surface area contributed by atoms with Gasteiger partial charge < -0.3 is 9.84 Å². The van der Waals surface area contributed by atoms with Gasteiger partial charge in [0.05, 0.1) is 30.6 Å². The van der Waals surface area contributed by atoms with E-state index in [-0.39, 0.29) is 5.56 Å². The molecule has 0 aliphatic heterocycles. The highest BCUT2D eigenvalue weighted by Crippen LogP contribution is 2.39. The number of carboxylic acids is 1. The molecule has 1 aliphatic rings. The monoisotopic (exact) mass is 381 g/mol. The van der Waals surface area contributed by atoms with Crippen molar-refractivity contribution in [3.63, 3.8) is 0 Å². The first-order valence-electron chi connectivity index (χ1n) is 9.21. The van der Waals surface area contributed by atoms with Gasteiger partial charge in [-0.05, 0) is 37.3 Å². The van der Waals surface area contributed by atoms with Gasteiger partial charge in [0.15, 0.2) is 5.69 Å². The Bertz CT molecular complexity index is 1080. The zero-order chi connectivity index (χ0) is 19.7. The molecule has 8 nitrogen and oxygen atoms in total. The van der Waals surface area contributed by atoms with Crippen LogP contribution in [0, 0.1) is 0 Å². The van der Waals surface area contributed by atoms with Crippen LogP contribution in [0.3, 0.4) is 0 Å². The zero-order valence-corrected chi connectivity index (χ0v) is 15.5. The minimum atomic E-state index is -1.02. The summed E-state index contributed by atoms with van der Waals surface area (Å²) in [6.07, 6.45) is 12.4. The summed E-state index contributed by atoms with van der Waals surface area (Å²) in [5, 5.41) is 13.2.